The fraction of sp³-hybridized carbons (Fsp3) is 0.625. The predicted molar refractivity (Wildman–Crippen MR) is 90.0 cm³/mol. The van der Waals surface area contributed by atoms with Crippen LogP contribution in [0.25, 0.3) is 0 Å². The minimum atomic E-state index is 0.615. The maximum Gasteiger partial charge on any atom is 0.0227 e. The van der Waals surface area contributed by atoms with Crippen LogP contribution >= 0.6 is 27.7 Å². The van der Waals surface area contributed by atoms with Crippen molar-refractivity contribution in [2.45, 2.75) is 50.3 Å². The molecule has 0 aromatic heterocycles. The molecule has 1 aromatic carbocycles. The summed E-state index contributed by atoms with van der Waals surface area (Å²) in [6.07, 6.45) is 6.52. The number of hydrogen-bond donors (Lipinski definition) is 1. The average molecular weight is 342 g/mol. The van der Waals surface area contributed by atoms with Crippen molar-refractivity contribution in [3.8, 4) is 0 Å². The Labute approximate surface area is 130 Å². The van der Waals surface area contributed by atoms with Gasteiger partial charge in [0.25, 0.3) is 0 Å². The number of benzene rings is 1. The first-order chi connectivity index (χ1) is 9.31. The topological polar surface area (TPSA) is 12.0 Å². The van der Waals surface area contributed by atoms with Gasteiger partial charge in [-0.05, 0) is 49.6 Å². The molecule has 19 heavy (non-hydrogen) atoms. The van der Waals surface area contributed by atoms with Crippen molar-refractivity contribution in [3.63, 3.8) is 0 Å². The minimum Gasteiger partial charge on any atom is -0.313 e. The normalized spacial score (nSPS) is 21.3. The molecule has 2 atom stereocenters. The molecule has 0 bridgehead atoms. The van der Waals surface area contributed by atoms with Crippen LogP contribution in [0.1, 0.15) is 38.2 Å². The number of thioether (sulfide) groups is 1. The monoisotopic (exact) mass is 341 g/mol. The van der Waals surface area contributed by atoms with Crippen LogP contribution in [0.4, 0.5) is 0 Å². The summed E-state index contributed by atoms with van der Waals surface area (Å²) in [4.78, 5) is 0. The van der Waals surface area contributed by atoms with Crippen LogP contribution < -0.4 is 5.32 Å². The number of halogens is 1. The van der Waals surface area contributed by atoms with E-state index in [4.69, 9.17) is 0 Å². The van der Waals surface area contributed by atoms with Gasteiger partial charge in [-0.3, -0.25) is 0 Å². The van der Waals surface area contributed by atoms with Crippen molar-refractivity contribution in [3.05, 3.63) is 34.3 Å². The Morgan fingerprint density at radius 1 is 1.37 bits per heavy atom. The summed E-state index contributed by atoms with van der Waals surface area (Å²) < 4.78 is 1.25. The summed E-state index contributed by atoms with van der Waals surface area (Å²) in [5, 5.41) is 4.56. The lowest BCUT2D eigenvalue weighted by Crippen LogP contribution is -2.41. The van der Waals surface area contributed by atoms with E-state index in [0.717, 1.165) is 18.2 Å². The van der Waals surface area contributed by atoms with E-state index < -0.39 is 0 Å². The molecule has 3 heteroatoms. The van der Waals surface area contributed by atoms with E-state index in [-0.39, 0.29) is 0 Å². The van der Waals surface area contributed by atoms with Crippen LogP contribution in [0.2, 0.25) is 0 Å². The van der Waals surface area contributed by atoms with E-state index in [9.17, 15) is 0 Å². The lowest BCUT2D eigenvalue weighted by atomic mass is 9.99. The molecule has 1 N–H and O–H groups in total. The molecule has 1 aliphatic rings. The van der Waals surface area contributed by atoms with Crippen molar-refractivity contribution in [2.75, 3.05) is 12.3 Å². The Kier molecular flexibility index (Phi) is 6.75. The molecule has 0 saturated carbocycles. The van der Waals surface area contributed by atoms with E-state index in [1.807, 2.05) is 0 Å². The first-order valence-electron chi connectivity index (χ1n) is 7.39. The smallest absolute Gasteiger partial charge is 0.0227 e. The number of hydrogen-bond acceptors (Lipinski definition) is 2. The zero-order valence-corrected chi connectivity index (χ0v) is 14.1. The van der Waals surface area contributed by atoms with Crippen LogP contribution in [0.3, 0.4) is 0 Å². The molecule has 1 heterocycles. The molecule has 0 spiro atoms. The lowest BCUT2D eigenvalue weighted by Gasteiger charge is -2.31. The Hall–Kier alpha value is 0.01000. The fourth-order valence-corrected chi connectivity index (χ4v) is 4.53. The van der Waals surface area contributed by atoms with Gasteiger partial charge in [0.1, 0.15) is 0 Å². The van der Waals surface area contributed by atoms with Gasteiger partial charge in [-0.15, -0.1) is 0 Å². The Morgan fingerprint density at radius 3 is 2.89 bits per heavy atom. The van der Waals surface area contributed by atoms with Crippen LogP contribution in [0.5, 0.6) is 0 Å². The van der Waals surface area contributed by atoms with E-state index >= 15 is 0 Å². The maximum atomic E-state index is 3.77. The van der Waals surface area contributed by atoms with Crippen molar-refractivity contribution in [1.82, 2.24) is 5.32 Å². The van der Waals surface area contributed by atoms with Gasteiger partial charge in [-0.25, -0.2) is 0 Å². The Balaban J connectivity index is 2.02. The number of nitrogens with one attached hydrogen (secondary N) is 1. The average Bonchev–Trinajstić information content (AvgIpc) is 2.46. The lowest BCUT2D eigenvalue weighted by molar-refractivity contribution is 0.461. The minimum absolute atomic E-state index is 0.615. The molecule has 0 amide bonds. The van der Waals surface area contributed by atoms with Gasteiger partial charge < -0.3 is 5.32 Å². The molecule has 0 radical (unpaired) electrons. The van der Waals surface area contributed by atoms with Crippen LogP contribution in [0, 0.1) is 0 Å². The molecule has 1 fully saturated rings. The third-order valence-electron chi connectivity index (χ3n) is 3.72. The SMILES string of the molecule is CCCNC(Cc1ccccc1Br)C1CCCCS1. The molecule has 0 aliphatic carbocycles. The molecule has 106 valence electrons. The standard InChI is InChI=1S/C16H24BrNS/c1-2-10-18-15(16-9-5-6-11-19-16)12-13-7-3-4-8-14(13)17/h3-4,7-8,15-16,18H,2,5-6,9-12H2,1H3. The predicted octanol–water partition coefficient (Wildman–Crippen LogP) is 4.65. The van der Waals surface area contributed by atoms with Gasteiger partial charge in [0.05, 0.1) is 0 Å². The van der Waals surface area contributed by atoms with E-state index in [1.54, 1.807) is 0 Å². The molecule has 1 aliphatic heterocycles. The molecule has 1 saturated heterocycles. The van der Waals surface area contributed by atoms with E-state index in [2.05, 4.69) is 64.2 Å². The second-order valence-electron chi connectivity index (χ2n) is 5.26. The van der Waals surface area contributed by atoms with Crippen LogP contribution in [0.15, 0.2) is 28.7 Å². The Bertz CT molecular complexity index is 377. The molecule has 2 rings (SSSR count). The third kappa shape index (κ3) is 4.80. The summed E-state index contributed by atoms with van der Waals surface area (Å²) in [6.45, 7) is 3.38. The fourth-order valence-electron chi connectivity index (χ4n) is 2.65. The summed E-state index contributed by atoms with van der Waals surface area (Å²) >= 11 is 5.85. The zero-order chi connectivity index (χ0) is 13.5. The highest BCUT2D eigenvalue weighted by molar-refractivity contribution is 9.10. The van der Waals surface area contributed by atoms with Gasteiger partial charge in [0.15, 0.2) is 0 Å². The van der Waals surface area contributed by atoms with Gasteiger partial charge >= 0.3 is 0 Å². The zero-order valence-electron chi connectivity index (χ0n) is 11.7. The quantitative estimate of drug-likeness (QED) is 0.808. The van der Waals surface area contributed by atoms with Gasteiger partial charge in [-0.2, -0.15) is 11.8 Å². The molecule has 1 aromatic rings. The Morgan fingerprint density at radius 2 is 2.21 bits per heavy atom. The van der Waals surface area contributed by atoms with Gasteiger partial charge in [-0.1, -0.05) is 47.5 Å². The van der Waals surface area contributed by atoms with Crippen LogP contribution in [-0.4, -0.2) is 23.6 Å². The highest BCUT2D eigenvalue weighted by atomic mass is 79.9. The first-order valence-corrected chi connectivity index (χ1v) is 9.24. The molecule has 2 unspecified atom stereocenters. The van der Waals surface area contributed by atoms with E-state index in [1.165, 1.54) is 41.5 Å². The van der Waals surface area contributed by atoms with Crippen LogP contribution in [-0.2, 0) is 6.42 Å². The maximum absolute atomic E-state index is 3.77. The van der Waals surface area contributed by atoms with E-state index in [0.29, 0.717) is 6.04 Å². The molecular formula is C16H24BrNS. The van der Waals surface area contributed by atoms with Gasteiger partial charge in [0.2, 0.25) is 0 Å². The summed E-state index contributed by atoms with van der Waals surface area (Å²) in [6, 6.07) is 9.25. The first kappa shape index (κ1) is 15.4. The third-order valence-corrected chi connectivity index (χ3v) is 6.01. The summed E-state index contributed by atoms with van der Waals surface area (Å²) in [7, 11) is 0. The second kappa shape index (κ2) is 8.33. The van der Waals surface area contributed by atoms with Gasteiger partial charge in [0, 0.05) is 15.8 Å². The van der Waals surface area contributed by atoms with Crippen molar-refractivity contribution in [1.29, 1.82) is 0 Å². The second-order valence-corrected chi connectivity index (χ2v) is 7.46. The van der Waals surface area contributed by atoms with Crippen molar-refractivity contribution < 1.29 is 0 Å². The largest absolute Gasteiger partial charge is 0.313 e. The number of rotatable bonds is 6. The summed E-state index contributed by atoms with van der Waals surface area (Å²) in [5.74, 6) is 1.34. The summed E-state index contributed by atoms with van der Waals surface area (Å²) in [5.41, 5.74) is 1.43. The highest BCUT2D eigenvalue weighted by Gasteiger charge is 2.24. The molecular weight excluding hydrogens is 318 g/mol. The highest BCUT2D eigenvalue weighted by Crippen LogP contribution is 2.30. The molecule has 1 nitrogen and oxygen atoms in total. The van der Waals surface area contributed by atoms with Crippen molar-refractivity contribution in [2.24, 2.45) is 0 Å². The van der Waals surface area contributed by atoms with Crippen molar-refractivity contribution >= 4 is 27.7 Å².